The standard InChI is InChI=1S/C13H26N2O2/c1-11(2)7-6-8-14-9-10-15-12(16)17-13(3,4)5/h7,14H,6,8-10H2,1-5H3,(H,15,16). The molecule has 0 fully saturated rings. The van der Waals surface area contributed by atoms with Crippen molar-refractivity contribution in [1.82, 2.24) is 10.6 Å². The lowest BCUT2D eigenvalue weighted by atomic mass is 10.2. The average molecular weight is 242 g/mol. The fourth-order valence-corrected chi connectivity index (χ4v) is 1.16. The Kier molecular flexibility index (Phi) is 7.63. The van der Waals surface area contributed by atoms with Gasteiger partial charge in [-0.25, -0.2) is 4.79 Å². The van der Waals surface area contributed by atoms with E-state index in [1.54, 1.807) is 0 Å². The van der Waals surface area contributed by atoms with Gasteiger partial charge in [-0.05, 0) is 47.6 Å². The molecule has 4 heteroatoms. The van der Waals surface area contributed by atoms with Crippen LogP contribution in [0.3, 0.4) is 0 Å². The molecule has 0 saturated heterocycles. The molecule has 4 nitrogen and oxygen atoms in total. The number of alkyl carbamates (subject to hydrolysis) is 1. The van der Waals surface area contributed by atoms with Crippen molar-refractivity contribution in [3.63, 3.8) is 0 Å². The van der Waals surface area contributed by atoms with E-state index < -0.39 is 5.60 Å². The molecule has 2 N–H and O–H groups in total. The van der Waals surface area contributed by atoms with Crippen molar-refractivity contribution in [1.29, 1.82) is 0 Å². The summed E-state index contributed by atoms with van der Waals surface area (Å²) in [5, 5.41) is 5.94. The maximum absolute atomic E-state index is 11.3. The normalized spacial score (nSPS) is 10.9. The summed E-state index contributed by atoms with van der Waals surface area (Å²) in [6.07, 6.45) is 2.85. The average Bonchev–Trinajstić information content (AvgIpc) is 2.12. The van der Waals surface area contributed by atoms with Gasteiger partial charge in [-0.2, -0.15) is 0 Å². The third kappa shape index (κ3) is 12.9. The fourth-order valence-electron chi connectivity index (χ4n) is 1.16. The summed E-state index contributed by atoms with van der Waals surface area (Å²) in [7, 11) is 0. The van der Waals surface area contributed by atoms with Gasteiger partial charge in [0.2, 0.25) is 0 Å². The molecular formula is C13H26N2O2. The molecule has 17 heavy (non-hydrogen) atoms. The molecule has 0 aromatic rings. The highest BCUT2D eigenvalue weighted by Crippen LogP contribution is 2.05. The molecule has 0 aliphatic heterocycles. The number of allylic oxidation sites excluding steroid dienone is 1. The predicted octanol–water partition coefficient (Wildman–Crippen LogP) is 2.46. The Morgan fingerprint density at radius 2 is 1.82 bits per heavy atom. The Labute approximate surface area is 105 Å². The third-order valence-corrected chi connectivity index (χ3v) is 1.84. The van der Waals surface area contributed by atoms with E-state index in [1.807, 2.05) is 20.8 Å². The zero-order valence-corrected chi connectivity index (χ0v) is 11.7. The van der Waals surface area contributed by atoms with E-state index >= 15 is 0 Å². The van der Waals surface area contributed by atoms with Gasteiger partial charge in [0.1, 0.15) is 5.60 Å². The highest BCUT2D eigenvalue weighted by Gasteiger charge is 2.15. The minimum Gasteiger partial charge on any atom is -0.444 e. The highest BCUT2D eigenvalue weighted by atomic mass is 16.6. The predicted molar refractivity (Wildman–Crippen MR) is 71.2 cm³/mol. The van der Waals surface area contributed by atoms with Crippen molar-refractivity contribution >= 4 is 6.09 Å². The molecule has 0 heterocycles. The zero-order valence-electron chi connectivity index (χ0n) is 11.7. The number of carbonyl (C=O) groups excluding carboxylic acids is 1. The van der Waals surface area contributed by atoms with Crippen LogP contribution in [0.2, 0.25) is 0 Å². The second-order valence-electron chi connectivity index (χ2n) is 5.25. The second-order valence-corrected chi connectivity index (χ2v) is 5.25. The smallest absolute Gasteiger partial charge is 0.407 e. The van der Waals surface area contributed by atoms with Gasteiger partial charge in [-0.1, -0.05) is 11.6 Å². The number of nitrogens with one attached hydrogen (secondary N) is 2. The van der Waals surface area contributed by atoms with Gasteiger partial charge in [0.15, 0.2) is 0 Å². The monoisotopic (exact) mass is 242 g/mol. The van der Waals surface area contributed by atoms with E-state index in [4.69, 9.17) is 4.74 Å². The topological polar surface area (TPSA) is 50.4 Å². The molecule has 0 rings (SSSR count). The number of ether oxygens (including phenoxy) is 1. The second kappa shape index (κ2) is 8.12. The lowest BCUT2D eigenvalue weighted by molar-refractivity contribution is 0.0528. The van der Waals surface area contributed by atoms with Crippen LogP contribution >= 0.6 is 0 Å². The van der Waals surface area contributed by atoms with Gasteiger partial charge in [0.05, 0.1) is 0 Å². The lowest BCUT2D eigenvalue weighted by Crippen LogP contribution is -2.36. The van der Waals surface area contributed by atoms with E-state index in [9.17, 15) is 4.79 Å². The maximum atomic E-state index is 11.3. The van der Waals surface area contributed by atoms with Crippen molar-refractivity contribution < 1.29 is 9.53 Å². The molecule has 0 aliphatic rings. The van der Waals surface area contributed by atoms with E-state index in [-0.39, 0.29) is 6.09 Å². The number of carbonyl (C=O) groups is 1. The zero-order chi connectivity index (χ0) is 13.3. The molecule has 0 bridgehead atoms. The van der Waals surface area contributed by atoms with Gasteiger partial charge in [0.25, 0.3) is 0 Å². The molecule has 0 aromatic heterocycles. The summed E-state index contributed by atoms with van der Waals surface area (Å²) in [5.41, 5.74) is 0.903. The van der Waals surface area contributed by atoms with Gasteiger partial charge in [0, 0.05) is 13.1 Å². The van der Waals surface area contributed by atoms with Crippen LogP contribution in [0.15, 0.2) is 11.6 Å². The largest absolute Gasteiger partial charge is 0.444 e. The molecule has 1 amide bonds. The Morgan fingerprint density at radius 1 is 1.18 bits per heavy atom. The van der Waals surface area contributed by atoms with Crippen molar-refractivity contribution in [3.05, 3.63) is 11.6 Å². The van der Waals surface area contributed by atoms with Gasteiger partial charge in [-0.3, -0.25) is 0 Å². The molecule has 0 spiro atoms. The van der Waals surface area contributed by atoms with Crippen LogP contribution in [0.25, 0.3) is 0 Å². The van der Waals surface area contributed by atoms with Crippen LogP contribution in [-0.2, 0) is 4.74 Å². The number of hydrogen-bond donors (Lipinski definition) is 2. The first kappa shape index (κ1) is 16.0. The lowest BCUT2D eigenvalue weighted by Gasteiger charge is -2.19. The molecule has 0 saturated carbocycles. The van der Waals surface area contributed by atoms with Crippen molar-refractivity contribution in [2.75, 3.05) is 19.6 Å². The summed E-state index contributed by atoms with van der Waals surface area (Å²) in [6.45, 7) is 12.0. The Hall–Kier alpha value is -1.03. The van der Waals surface area contributed by atoms with Crippen molar-refractivity contribution in [2.24, 2.45) is 0 Å². The SMILES string of the molecule is CC(C)=CCCNCCNC(=O)OC(C)(C)C. The molecule has 0 radical (unpaired) electrons. The number of hydrogen-bond acceptors (Lipinski definition) is 3. The van der Waals surface area contributed by atoms with Crippen molar-refractivity contribution in [2.45, 2.75) is 46.6 Å². The fraction of sp³-hybridized carbons (Fsp3) is 0.769. The summed E-state index contributed by atoms with van der Waals surface area (Å²) in [5.74, 6) is 0. The van der Waals surface area contributed by atoms with Gasteiger partial charge < -0.3 is 15.4 Å². The van der Waals surface area contributed by atoms with Gasteiger partial charge in [-0.15, -0.1) is 0 Å². The van der Waals surface area contributed by atoms with Gasteiger partial charge >= 0.3 is 6.09 Å². The van der Waals surface area contributed by atoms with E-state index in [0.717, 1.165) is 19.5 Å². The molecular weight excluding hydrogens is 216 g/mol. The van der Waals surface area contributed by atoms with E-state index in [2.05, 4.69) is 30.6 Å². The van der Waals surface area contributed by atoms with Crippen LogP contribution in [0.1, 0.15) is 41.0 Å². The minimum absolute atomic E-state index is 0.358. The van der Waals surface area contributed by atoms with Crippen LogP contribution in [0.5, 0.6) is 0 Å². The molecule has 0 atom stereocenters. The quantitative estimate of drug-likeness (QED) is 0.555. The first-order valence-electron chi connectivity index (χ1n) is 6.12. The number of amides is 1. The van der Waals surface area contributed by atoms with Crippen LogP contribution in [-0.4, -0.2) is 31.3 Å². The minimum atomic E-state index is -0.430. The molecule has 100 valence electrons. The van der Waals surface area contributed by atoms with E-state index in [0.29, 0.717) is 6.54 Å². The third-order valence-electron chi connectivity index (χ3n) is 1.84. The Bertz CT molecular complexity index is 251. The summed E-state index contributed by atoms with van der Waals surface area (Å²) < 4.78 is 5.11. The van der Waals surface area contributed by atoms with Crippen LogP contribution in [0.4, 0.5) is 4.79 Å². The summed E-state index contributed by atoms with van der Waals surface area (Å²) in [6, 6.07) is 0. The Morgan fingerprint density at radius 3 is 2.35 bits per heavy atom. The Balaban J connectivity index is 3.40. The molecule has 0 aromatic carbocycles. The van der Waals surface area contributed by atoms with E-state index in [1.165, 1.54) is 5.57 Å². The van der Waals surface area contributed by atoms with Crippen LogP contribution < -0.4 is 10.6 Å². The van der Waals surface area contributed by atoms with Crippen LogP contribution in [0, 0.1) is 0 Å². The summed E-state index contributed by atoms with van der Waals surface area (Å²) >= 11 is 0. The summed E-state index contributed by atoms with van der Waals surface area (Å²) in [4.78, 5) is 11.3. The molecule has 0 aliphatic carbocycles. The molecule has 0 unspecified atom stereocenters. The number of rotatable bonds is 6. The first-order chi connectivity index (χ1) is 7.81. The highest BCUT2D eigenvalue weighted by molar-refractivity contribution is 5.67. The first-order valence-corrected chi connectivity index (χ1v) is 6.12. The maximum Gasteiger partial charge on any atom is 0.407 e. The van der Waals surface area contributed by atoms with Crippen molar-refractivity contribution in [3.8, 4) is 0 Å².